The second-order valence-electron chi connectivity index (χ2n) is 3.64. The number of hydrogen-bond acceptors (Lipinski definition) is 5. The van der Waals surface area contributed by atoms with E-state index in [1.54, 1.807) is 12.1 Å². The van der Waals surface area contributed by atoms with Crippen molar-refractivity contribution < 1.29 is 14.9 Å². The van der Waals surface area contributed by atoms with Gasteiger partial charge in [-0.2, -0.15) is 0 Å². The van der Waals surface area contributed by atoms with Crippen LogP contribution in [0.3, 0.4) is 0 Å². The van der Waals surface area contributed by atoms with Gasteiger partial charge in [0.25, 0.3) is 0 Å². The van der Waals surface area contributed by atoms with E-state index in [1.165, 1.54) is 31.4 Å². The van der Waals surface area contributed by atoms with E-state index in [0.717, 1.165) is 0 Å². The molecule has 0 fully saturated rings. The molecule has 19 heavy (non-hydrogen) atoms. The van der Waals surface area contributed by atoms with Crippen LogP contribution in [-0.2, 0) is 0 Å². The lowest BCUT2D eigenvalue weighted by atomic mass is 10.3. The Morgan fingerprint density at radius 2 is 1.74 bits per heavy atom. The van der Waals surface area contributed by atoms with Crippen molar-refractivity contribution in [1.82, 2.24) is 0 Å². The predicted octanol–water partition coefficient (Wildman–Crippen LogP) is 2.61. The molecule has 6 heteroatoms. The average Bonchev–Trinajstić information content (AvgIpc) is 2.38. The smallest absolute Gasteiger partial charge is 0.145 e. The molecule has 0 amide bonds. The summed E-state index contributed by atoms with van der Waals surface area (Å²) in [5.41, 5.74) is 11.9. The summed E-state index contributed by atoms with van der Waals surface area (Å²) in [5, 5.41) is 18.1. The largest absolute Gasteiger partial charge is 0.508 e. The maximum absolute atomic E-state index is 8.93. The number of rotatable bonds is 1. The highest BCUT2D eigenvalue weighted by atomic mass is 35.5. The van der Waals surface area contributed by atoms with E-state index >= 15 is 0 Å². The lowest BCUT2D eigenvalue weighted by Crippen LogP contribution is -1.90. The number of phenols is 2. The van der Waals surface area contributed by atoms with Crippen LogP contribution in [0.4, 0.5) is 11.4 Å². The average molecular weight is 283 g/mol. The van der Waals surface area contributed by atoms with Gasteiger partial charge in [-0.1, -0.05) is 11.6 Å². The Balaban J connectivity index is 0.000000191. The molecule has 0 radical (unpaired) electrons. The summed E-state index contributed by atoms with van der Waals surface area (Å²) in [7, 11) is 1.51. The highest BCUT2D eigenvalue weighted by Crippen LogP contribution is 2.25. The van der Waals surface area contributed by atoms with Crippen LogP contribution >= 0.6 is 11.6 Å². The molecule has 0 aliphatic carbocycles. The quantitative estimate of drug-likeness (QED) is 0.476. The predicted molar refractivity (Wildman–Crippen MR) is 76.6 cm³/mol. The van der Waals surface area contributed by atoms with Gasteiger partial charge in [0.05, 0.1) is 17.8 Å². The Labute approximate surface area is 116 Å². The first-order valence-electron chi connectivity index (χ1n) is 5.30. The molecule has 0 aliphatic rings. The van der Waals surface area contributed by atoms with Gasteiger partial charge in [0.15, 0.2) is 0 Å². The van der Waals surface area contributed by atoms with Gasteiger partial charge in [-0.05, 0) is 30.3 Å². The lowest BCUT2D eigenvalue weighted by molar-refractivity contribution is 0.410. The molecule has 0 heterocycles. The summed E-state index contributed by atoms with van der Waals surface area (Å²) in [6.45, 7) is 0. The minimum absolute atomic E-state index is 0.0610. The number of aromatic hydroxyl groups is 2. The second-order valence-corrected chi connectivity index (χ2v) is 4.04. The molecule has 2 aromatic carbocycles. The first-order chi connectivity index (χ1) is 8.93. The van der Waals surface area contributed by atoms with Crippen LogP contribution in [0.2, 0.25) is 5.02 Å². The first kappa shape index (κ1) is 14.8. The van der Waals surface area contributed by atoms with E-state index in [2.05, 4.69) is 0 Å². The Kier molecular flexibility index (Phi) is 5.14. The SMILES string of the molecule is COc1cc(O)ccc1N.Nc1ccc(O)c(Cl)c1. The molecule has 0 spiro atoms. The van der Waals surface area contributed by atoms with Crippen LogP contribution in [0.25, 0.3) is 0 Å². The van der Waals surface area contributed by atoms with Gasteiger partial charge in [-0.3, -0.25) is 0 Å². The fraction of sp³-hybridized carbons (Fsp3) is 0.0769. The number of benzene rings is 2. The molecular formula is C13H15ClN2O3. The van der Waals surface area contributed by atoms with Crippen molar-refractivity contribution in [2.45, 2.75) is 0 Å². The van der Waals surface area contributed by atoms with E-state index in [0.29, 0.717) is 17.1 Å². The van der Waals surface area contributed by atoms with Crippen molar-refractivity contribution in [3.63, 3.8) is 0 Å². The fourth-order valence-corrected chi connectivity index (χ4v) is 1.41. The number of anilines is 2. The molecule has 0 saturated carbocycles. The topological polar surface area (TPSA) is 102 Å². The van der Waals surface area contributed by atoms with E-state index < -0.39 is 0 Å². The Bertz CT molecular complexity index is 562. The number of nitrogen functional groups attached to an aromatic ring is 2. The van der Waals surface area contributed by atoms with Gasteiger partial charge < -0.3 is 26.4 Å². The minimum Gasteiger partial charge on any atom is -0.508 e. The van der Waals surface area contributed by atoms with Gasteiger partial charge in [0.2, 0.25) is 0 Å². The number of methoxy groups -OCH3 is 1. The molecule has 2 aromatic rings. The molecule has 2 rings (SSSR count). The third-order valence-electron chi connectivity index (χ3n) is 2.19. The molecule has 0 bridgehead atoms. The summed E-state index contributed by atoms with van der Waals surface area (Å²) < 4.78 is 4.84. The zero-order valence-corrected chi connectivity index (χ0v) is 11.1. The number of hydrogen-bond donors (Lipinski definition) is 4. The van der Waals surface area contributed by atoms with Crippen molar-refractivity contribution in [3.8, 4) is 17.2 Å². The molecule has 0 aromatic heterocycles. The van der Waals surface area contributed by atoms with E-state index in [4.69, 9.17) is 38.0 Å². The lowest BCUT2D eigenvalue weighted by Gasteiger charge is -2.02. The standard InChI is InChI=1S/C7H9NO2.C6H6ClNO/c1-10-7-4-5(9)2-3-6(7)8;7-5-3-4(8)1-2-6(5)9/h2-4,9H,8H2,1H3;1-3,9H,8H2. The number of ether oxygens (including phenoxy) is 1. The van der Waals surface area contributed by atoms with Crippen LogP contribution in [0.15, 0.2) is 36.4 Å². The molecule has 6 N–H and O–H groups in total. The number of halogens is 1. The highest BCUT2D eigenvalue weighted by molar-refractivity contribution is 6.32. The monoisotopic (exact) mass is 282 g/mol. The molecule has 0 saturated heterocycles. The van der Waals surface area contributed by atoms with Crippen molar-refractivity contribution >= 4 is 23.0 Å². The van der Waals surface area contributed by atoms with Crippen LogP contribution in [-0.4, -0.2) is 17.3 Å². The van der Waals surface area contributed by atoms with Crippen molar-refractivity contribution in [2.75, 3.05) is 18.6 Å². The third-order valence-corrected chi connectivity index (χ3v) is 2.49. The second kappa shape index (κ2) is 6.61. The zero-order chi connectivity index (χ0) is 14.4. The van der Waals surface area contributed by atoms with Gasteiger partial charge in [-0.15, -0.1) is 0 Å². The molecule has 102 valence electrons. The van der Waals surface area contributed by atoms with Crippen molar-refractivity contribution in [3.05, 3.63) is 41.4 Å². The Hall–Kier alpha value is -2.27. The van der Waals surface area contributed by atoms with E-state index in [-0.39, 0.29) is 16.5 Å². The molecular weight excluding hydrogens is 268 g/mol. The van der Waals surface area contributed by atoms with Crippen molar-refractivity contribution in [1.29, 1.82) is 0 Å². The fourth-order valence-electron chi connectivity index (χ4n) is 1.22. The summed E-state index contributed by atoms with van der Waals surface area (Å²) >= 11 is 5.48. The zero-order valence-electron chi connectivity index (χ0n) is 10.3. The van der Waals surface area contributed by atoms with Crippen LogP contribution in [0.1, 0.15) is 0 Å². The first-order valence-corrected chi connectivity index (χ1v) is 5.68. The number of nitrogens with two attached hydrogens (primary N) is 2. The Morgan fingerprint density at radius 1 is 1.05 bits per heavy atom. The molecule has 0 aliphatic heterocycles. The molecule has 5 nitrogen and oxygen atoms in total. The van der Waals surface area contributed by atoms with Crippen LogP contribution in [0, 0.1) is 0 Å². The third kappa shape index (κ3) is 4.48. The van der Waals surface area contributed by atoms with Gasteiger partial charge >= 0.3 is 0 Å². The van der Waals surface area contributed by atoms with Gasteiger partial charge in [0.1, 0.15) is 17.2 Å². The van der Waals surface area contributed by atoms with Gasteiger partial charge in [0, 0.05) is 11.8 Å². The maximum Gasteiger partial charge on any atom is 0.145 e. The summed E-state index contributed by atoms with van der Waals surface area (Å²) in [6.07, 6.45) is 0. The van der Waals surface area contributed by atoms with Gasteiger partial charge in [-0.25, -0.2) is 0 Å². The number of phenolic OH excluding ortho intramolecular Hbond substituents is 2. The van der Waals surface area contributed by atoms with E-state index in [1.807, 2.05) is 0 Å². The molecule has 0 atom stereocenters. The molecule has 0 unspecified atom stereocenters. The van der Waals surface area contributed by atoms with Crippen molar-refractivity contribution in [2.24, 2.45) is 0 Å². The van der Waals surface area contributed by atoms with Crippen LogP contribution < -0.4 is 16.2 Å². The normalized spacial score (nSPS) is 9.37. The Morgan fingerprint density at radius 3 is 2.21 bits per heavy atom. The van der Waals surface area contributed by atoms with Crippen LogP contribution in [0.5, 0.6) is 17.2 Å². The summed E-state index contributed by atoms with van der Waals surface area (Å²) in [5.74, 6) is 0.719. The maximum atomic E-state index is 8.93. The minimum atomic E-state index is 0.0610. The highest BCUT2D eigenvalue weighted by Gasteiger charge is 1.97. The summed E-state index contributed by atoms with van der Waals surface area (Å²) in [6, 6.07) is 9.11. The van der Waals surface area contributed by atoms with E-state index in [9.17, 15) is 0 Å². The summed E-state index contributed by atoms with van der Waals surface area (Å²) in [4.78, 5) is 0.